The molecule has 25 heavy (non-hydrogen) atoms. The van der Waals surface area contributed by atoms with Crippen molar-refractivity contribution < 1.29 is 57.5 Å². The summed E-state index contributed by atoms with van der Waals surface area (Å²) in [6.07, 6.45) is -6.59. The van der Waals surface area contributed by atoms with Gasteiger partial charge >= 0.3 is 29.2 Å². The molecule has 1 atom stereocenters. The molecule has 0 heterocycles. The first-order valence-corrected chi connectivity index (χ1v) is 7.34. The van der Waals surface area contributed by atoms with Crippen LogP contribution in [0.25, 0.3) is 0 Å². The Hall–Kier alpha value is -1.51. The van der Waals surface area contributed by atoms with Crippen molar-refractivity contribution in [2.45, 2.75) is 36.2 Å². The Labute approximate surface area is 134 Å². The molecule has 1 N–H and O–H groups in total. The molecule has 0 radical (unpaired) electrons. The summed E-state index contributed by atoms with van der Waals surface area (Å²) >= 11 is 0. The standard InChI is InChI=1S/C10H10F9NO4S/c1-3-6(21)24-4-5(2)20-25(22,23)10(18,19)8(13,14)7(11,12)9(15,16)17/h3,5,20H,1,4H2,2H3. The van der Waals surface area contributed by atoms with Crippen molar-refractivity contribution in [1.29, 1.82) is 0 Å². The molecule has 0 aliphatic rings. The number of ether oxygens (including phenoxy) is 1. The number of hydrogen-bond acceptors (Lipinski definition) is 4. The molecule has 0 rings (SSSR count). The van der Waals surface area contributed by atoms with Crippen LogP contribution in [0.1, 0.15) is 6.92 Å². The lowest BCUT2D eigenvalue weighted by atomic mass is 10.1. The lowest BCUT2D eigenvalue weighted by molar-refractivity contribution is -0.382. The molecule has 0 aromatic heterocycles. The first kappa shape index (κ1) is 23.5. The molecular formula is C10H10F9NO4S. The van der Waals surface area contributed by atoms with Crippen LogP contribution in [0.2, 0.25) is 0 Å². The average Bonchev–Trinajstić information content (AvgIpc) is 2.42. The number of esters is 1. The second-order valence-electron chi connectivity index (χ2n) is 4.52. The van der Waals surface area contributed by atoms with E-state index in [4.69, 9.17) is 0 Å². The van der Waals surface area contributed by atoms with Gasteiger partial charge in [-0.1, -0.05) is 6.58 Å². The van der Waals surface area contributed by atoms with E-state index in [2.05, 4.69) is 11.3 Å². The molecule has 148 valence electrons. The molecule has 0 fully saturated rings. The molecule has 15 heteroatoms. The minimum absolute atomic E-state index is 0.563. The molecule has 0 saturated carbocycles. The van der Waals surface area contributed by atoms with Gasteiger partial charge in [0.15, 0.2) is 0 Å². The van der Waals surface area contributed by atoms with E-state index in [1.54, 1.807) is 0 Å². The molecule has 5 nitrogen and oxygen atoms in total. The average molecular weight is 411 g/mol. The van der Waals surface area contributed by atoms with Crippen molar-refractivity contribution in [1.82, 2.24) is 4.72 Å². The maximum absolute atomic E-state index is 13.3. The van der Waals surface area contributed by atoms with E-state index in [0.29, 0.717) is 13.0 Å². The maximum atomic E-state index is 13.3. The number of nitrogens with one attached hydrogen (secondary N) is 1. The fraction of sp³-hybridized carbons (Fsp3) is 0.700. The summed E-state index contributed by atoms with van der Waals surface area (Å²) in [5.74, 6) is -15.9. The van der Waals surface area contributed by atoms with Gasteiger partial charge in [0.25, 0.3) is 10.0 Å². The number of halogens is 9. The van der Waals surface area contributed by atoms with Crippen molar-refractivity contribution >= 4 is 16.0 Å². The second-order valence-corrected chi connectivity index (χ2v) is 6.28. The SMILES string of the molecule is C=CC(=O)OCC(C)NS(=O)(=O)C(F)(F)C(F)(F)C(F)(F)C(F)(F)F. The van der Waals surface area contributed by atoms with E-state index < -0.39 is 51.9 Å². The molecule has 0 amide bonds. The molecule has 0 spiro atoms. The van der Waals surface area contributed by atoms with Crippen LogP contribution in [0.4, 0.5) is 39.5 Å². The van der Waals surface area contributed by atoms with E-state index in [-0.39, 0.29) is 0 Å². The minimum Gasteiger partial charge on any atom is -0.461 e. The van der Waals surface area contributed by atoms with Gasteiger partial charge in [0, 0.05) is 6.08 Å². The molecule has 0 aromatic carbocycles. The summed E-state index contributed by atoms with van der Waals surface area (Å²) in [6, 6.07) is -1.87. The van der Waals surface area contributed by atoms with Crippen LogP contribution in [0.5, 0.6) is 0 Å². The van der Waals surface area contributed by atoms with Crippen molar-refractivity contribution in [2.75, 3.05) is 6.61 Å². The zero-order valence-corrected chi connectivity index (χ0v) is 12.8. The van der Waals surface area contributed by atoms with Gasteiger partial charge < -0.3 is 4.74 Å². The Morgan fingerprint density at radius 1 is 1.08 bits per heavy atom. The Bertz CT molecular complexity index is 614. The highest BCUT2D eigenvalue weighted by molar-refractivity contribution is 7.90. The number of hydrogen-bond donors (Lipinski definition) is 1. The summed E-state index contributed by atoms with van der Waals surface area (Å²) in [7, 11) is -6.75. The van der Waals surface area contributed by atoms with Crippen LogP contribution < -0.4 is 4.72 Å². The monoisotopic (exact) mass is 411 g/mol. The third kappa shape index (κ3) is 4.37. The van der Waals surface area contributed by atoms with Crippen molar-refractivity contribution in [3.05, 3.63) is 12.7 Å². The van der Waals surface area contributed by atoms with Gasteiger partial charge in [0.1, 0.15) is 6.61 Å². The number of alkyl halides is 9. The smallest absolute Gasteiger partial charge is 0.460 e. The van der Waals surface area contributed by atoms with Crippen LogP contribution >= 0.6 is 0 Å². The lowest BCUT2D eigenvalue weighted by Gasteiger charge is -2.33. The van der Waals surface area contributed by atoms with E-state index in [9.17, 15) is 52.7 Å². The summed E-state index contributed by atoms with van der Waals surface area (Å²) in [4.78, 5) is 10.7. The van der Waals surface area contributed by atoms with Gasteiger partial charge in [-0.2, -0.15) is 39.5 Å². The Balaban J connectivity index is 5.60. The van der Waals surface area contributed by atoms with Gasteiger partial charge in [0.05, 0.1) is 6.04 Å². The quantitative estimate of drug-likeness (QED) is 0.379. The van der Waals surface area contributed by atoms with Crippen molar-refractivity contribution in [2.24, 2.45) is 0 Å². The number of carbonyl (C=O) groups is 1. The summed E-state index contributed by atoms with van der Waals surface area (Å²) in [5.41, 5.74) is 0. The van der Waals surface area contributed by atoms with Gasteiger partial charge in [-0.05, 0) is 6.92 Å². The highest BCUT2D eigenvalue weighted by atomic mass is 32.2. The maximum Gasteiger partial charge on any atom is 0.460 e. The zero-order valence-electron chi connectivity index (χ0n) is 12.0. The van der Waals surface area contributed by atoms with Crippen LogP contribution in [0, 0.1) is 0 Å². The largest absolute Gasteiger partial charge is 0.461 e. The second kappa shape index (κ2) is 7.01. The van der Waals surface area contributed by atoms with Crippen LogP contribution in [-0.2, 0) is 19.6 Å². The number of carbonyl (C=O) groups excluding carboxylic acids is 1. The first-order chi connectivity index (χ1) is 10.8. The highest BCUT2D eigenvalue weighted by Gasteiger charge is 2.85. The van der Waals surface area contributed by atoms with Gasteiger partial charge in [-0.15, -0.1) is 0 Å². The number of sulfonamides is 1. The summed E-state index contributed by atoms with van der Waals surface area (Å²) < 4.78 is 141. The van der Waals surface area contributed by atoms with Crippen LogP contribution in [-0.4, -0.2) is 50.3 Å². The van der Waals surface area contributed by atoms with E-state index in [1.165, 1.54) is 0 Å². The molecule has 0 saturated heterocycles. The molecule has 0 aliphatic heterocycles. The Morgan fingerprint density at radius 2 is 1.52 bits per heavy atom. The van der Waals surface area contributed by atoms with Crippen molar-refractivity contribution in [3.63, 3.8) is 0 Å². The van der Waals surface area contributed by atoms with E-state index in [1.807, 2.05) is 0 Å². The normalized spacial score (nSPS) is 15.6. The topological polar surface area (TPSA) is 72.5 Å². The third-order valence-corrected chi connectivity index (χ3v) is 4.10. The van der Waals surface area contributed by atoms with Gasteiger partial charge in [-0.25, -0.2) is 17.9 Å². The highest BCUT2D eigenvalue weighted by Crippen LogP contribution is 2.54. The predicted octanol–water partition coefficient (Wildman–Crippen LogP) is 2.45. The fourth-order valence-corrected chi connectivity index (χ4v) is 2.38. The minimum atomic E-state index is -7.35. The Morgan fingerprint density at radius 3 is 1.88 bits per heavy atom. The van der Waals surface area contributed by atoms with Gasteiger partial charge in [0.2, 0.25) is 0 Å². The fourth-order valence-electron chi connectivity index (χ4n) is 1.17. The summed E-state index contributed by atoms with van der Waals surface area (Å²) in [5, 5.41) is -6.85. The van der Waals surface area contributed by atoms with E-state index >= 15 is 0 Å². The molecular weight excluding hydrogens is 401 g/mol. The molecule has 0 bridgehead atoms. The van der Waals surface area contributed by atoms with Gasteiger partial charge in [-0.3, -0.25) is 0 Å². The summed E-state index contributed by atoms with van der Waals surface area (Å²) in [6.45, 7) is 2.57. The Kier molecular flexibility index (Phi) is 6.59. The van der Waals surface area contributed by atoms with Crippen molar-refractivity contribution in [3.8, 4) is 0 Å². The molecule has 1 unspecified atom stereocenters. The third-order valence-electron chi connectivity index (χ3n) is 2.45. The molecule has 0 aliphatic carbocycles. The lowest BCUT2D eigenvalue weighted by Crippen LogP contribution is -2.65. The zero-order chi connectivity index (χ0) is 20.5. The van der Waals surface area contributed by atoms with Crippen LogP contribution in [0.15, 0.2) is 12.7 Å². The van der Waals surface area contributed by atoms with Crippen LogP contribution in [0.3, 0.4) is 0 Å². The van der Waals surface area contributed by atoms with E-state index in [0.717, 1.165) is 4.72 Å². The number of rotatable bonds is 8. The molecule has 0 aromatic rings. The predicted molar refractivity (Wildman–Crippen MR) is 63.6 cm³/mol. The first-order valence-electron chi connectivity index (χ1n) is 5.86.